The molecule has 0 fully saturated rings. The van der Waals surface area contributed by atoms with Crippen molar-refractivity contribution in [3.8, 4) is 0 Å². The fourth-order valence-corrected chi connectivity index (χ4v) is 3.96. The third-order valence-corrected chi connectivity index (χ3v) is 5.52. The van der Waals surface area contributed by atoms with Gasteiger partial charge in [-0.1, -0.05) is 61.0 Å². The molecule has 2 heterocycles. The van der Waals surface area contributed by atoms with Crippen molar-refractivity contribution in [2.24, 2.45) is 5.92 Å². The van der Waals surface area contributed by atoms with Gasteiger partial charge in [0.05, 0.1) is 17.6 Å². The highest BCUT2D eigenvalue weighted by atomic mass is 16.2. The zero-order valence-electron chi connectivity index (χ0n) is 18.8. The summed E-state index contributed by atoms with van der Waals surface area (Å²) in [6.07, 6.45) is 8.84. The molecule has 0 aliphatic heterocycles. The average molecular weight is 431 g/mol. The number of allylic oxidation sites excluding steroid dienone is 1. The number of unbranched alkanes of at least 4 members (excludes halogenated alkanes) is 1. The Labute approximate surface area is 189 Å². The van der Waals surface area contributed by atoms with Crippen LogP contribution in [0.4, 0.5) is 0 Å². The molecule has 1 aliphatic rings. The third kappa shape index (κ3) is 5.87. The van der Waals surface area contributed by atoms with Crippen molar-refractivity contribution in [2.45, 2.75) is 59.0 Å². The molecule has 0 saturated carbocycles. The molecule has 1 aliphatic carbocycles. The van der Waals surface area contributed by atoms with Crippen molar-refractivity contribution >= 4 is 12.0 Å². The third-order valence-electron chi connectivity index (χ3n) is 5.52. The molecule has 0 unspecified atom stereocenters. The number of aryl methyl sites for hydroxylation is 2. The maximum absolute atomic E-state index is 12.3. The first-order valence-corrected chi connectivity index (χ1v) is 11.3. The second-order valence-corrected chi connectivity index (χ2v) is 8.81. The van der Waals surface area contributed by atoms with Crippen molar-refractivity contribution < 1.29 is 4.79 Å². The van der Waals surface area contributed by atoms with E-state index in [0.29, 0.717) is 18.2 Å². The number of benzene rings is 1. The summed E-state index contributed by atoms with van der Waals surface area (Å²) in [4.78, 5) is 12.3. The van der Waals surface area contributed by atoms with Crippen LogP contribution in [0.15, 0.2) is 48.2 Å². The van der Waals surface area contributed by atoms with Gasteiger partial charge in [0.25, 0.3) is 5.91 Å². The first kappa shape index (κ1) is 21.9. The van der Waals surface area contributed by atoms with Crippen LogP contribution in [0.25, 0.3) is 6.08 Å². The maximum Gasteiger partial charge on any atom is 0.273 e. The van der Waals surface area contributed by atoms with Crippen LogP contribution in [0.5, 0.6) is 0 Å². The summed E-state index contributed by atoms with van der Waals surface area (Å²) in [7, 11) is 0. The first-order valence-electron chi connectivity index (χ1n) is 11.3. The topological polar surface area (TPSA) is 85.6 Å². The number of carbonyl (C=O) groups is 1. The molecule has 0 saturated heterocycles. The molecule has 4 rings (SSSR count). The molecule has 0 atom stereocenters. The fraction of sp³-hybridized carbons (Fsp3) is 0.400. The lowest BCUT2D eigenvalue weighted by atomic mass is 10.0. The molecule has 166 valence electrons. The number of fused-ring (bicyclic) bond motifs is 1. The molecule has 1 aromatic carbocycles. The molecule has 32 heavy (non-hydrogen) atoms. The number of hydrogen-bond donors (Lipinski definition) is 1. The number of hydrogen-bond acceptors (Lipinski definition) is 5. The lowest BCUT2D eigenvalue weighted by molar-refractivity contribution is 0.0946. The lowest BCUT2D eigenvalue weighted by Gasteiger charge is -2.04. The molecule has 7 heteroatoms. The van der Waals surface area contributed by atoms with E-state index >= 15 is 0 Å². The summed E-state index contributed by atoms with van der Waals surface area (Å²) in [6.45, 7) is 5.69. The van der Waals surface area contributed by atoms with Crippen molar-refractivity contribution in [1.82, 2.24) is 30.5 Å². The molecule has 2 aromatic heterocycles. The van der Waals surface area contributed by atoms with Gasteiger partial charge in [-0.25, -0.2) is 0 Å². The number of carbonyl (C=O) groups excluding carboxylic acids is 1. The molecule has 0 spiro atoms. The second kappa shape index (κ2) is 10.3. The average Bonchev–Trinajstić information content (AvgIpc) is 3.41. The number of nitrogens with zero attached hydrogens (tertiary/aromatic N) is 5. The number of rotatable bonds is 10. The Morgan fingerprint density at radius 2 is 1.97 bits per heavy atom. The van der Waals surface area contributed by atoms with E-state index in [1.54, 1.807) is 10.9 Å². The second-order valence-electron chi connectivity index (χ2n) is 8.81. The Bertz CT molecular complexity index is 1090. The molecule has 1 N–H and O–H groups in total. The summed E-state index contributed by atoms with van der Waals surface area (Å²) in [5.41, 5.74) is 6.21. The minimum absolute atomic E-state index is 0.210. The van der Waals surface area contributed by atoms with Crippen LogP contribution in [0.2, 0.25) is 0 Å². The largest absolute Gasteiger partial charge is 0.347 e. The van der Waals surface area contributed by atoms with Crippen molar-refractivity contribution in [1.29, 1.82) is 0 Å². The van der Waals surface area contributed by atoms with E-state index in [0.717, 1.165) is 55.6 Å². The zero-order chi connectivity index (χ0) is 22.3. The Balaban J connectivity index is 1.21. The van der Waals surface area contributed by atoms with Gasteiger partial charge in [-0.2, -0.15) is 10.2 Å². The van der Waals surface area contributed by atoms with E-state index in [-0.39, 0.29) is 5.91 Å². The van der Waals surface area contributed by atoms with E-state index in [4.69, 9.17) is 0 Å². The Morgan fingerprint density at radius 3 is 2.78 bits per heavy atom. The first-order chi connectivity index (χ1) is 15.6. The van der Waals surface area contributed by atoms with Gasteiger partial charge in [-0.3, -0.25) is 9.48 Å². The highest BCUT2D eigenvalue weighted by Crippen LogP contribution is 2.27. The molecule has 0 bridgehead atoms. The minimum Gasteiger partial charge on any atom is -0.347 e. The van der Waals surface area contributed by atoms with Gasteiger partial charge >= 0.3 is 0 Å². The van der Waals surface area contributed by atoms with Gasteiger partial charge in [0, 0.05) is 19.5 Å². The van der Waals surface area contributed by atoms with Crippen molar-refractivity contribution in [3.63, 3.8) is 0 Å². The standard InChI is InChI=1S/C25H30N6O/c1-18(2)12-20-13-21-15-22(27-28-23(21)14-20)10-6-7-11-31-17-24(29-30-31)25(32)26-16-19-8-4-3-5-9-19/h3-5,8-9,13,15,17-18H,6-7,10-12,14,16H2,1-2H3,(H,26,32). The lowest BCUT2D eigenvalue weighted by Crippen LogP contribution is -2.23. The monoisotopic (exact) mass is 430 g/mol. The van der Waals surface area contributed by atoms with Crippen molar-refractivity contribution in [3.05, 3.63) is 76.4 Å². The van der Waals surface area contributed by atoms with Crippen LogP contribution < -0.4 is 5.32 Å². The van der Waals surface area contributed by atoms with E-state index < -0.39 is 0 Å². The smallest absolute Gasteiger partial charge is 0.273 e. The predicted octanol–water partition coefficient (Wildman–Crippen LogP) is 4.01. The fourth-order valence-electron chi connectivity index (χ4n) is 3.96. The van der Waals surface area contributed by atoms with E-state index in [9.17, 15) is 4.79 Å². The Morgan fingerprint density at radius 1 is 1.12 bits per heavy atom. The van der Waals surface area contributed by atoms with Crippen LogP contribution >= 0.6 is 0 Å². The molecule has 1 amide bonds. The SMILES string of the molecule is CC(C)CC1=Cc2cc(CCCCn3cc(C(=O)NCc4ccccc4)nn3)nnc2C1. The van der Waals surface area contributed by atoms with Crippen molar-refractivity contribution in [2.75, 3.05) is 0 Å². The van der Waals surface area contributed by atoms with E-state index in [1.165, 1.54) is 11.1 Å². The highest BCUT2D eigenvalue weighted by molar-refractivity contribution is 5.91. The zero-order valence-corrected chi connectivity index (χ0v) is 18.8. The summed E-state index contributed by atoms with van der Waals surface area (Å²) >= 11 is 0. The maximum atomic E-state index is 12.3. The van der Waals surface area contributed by atoms with Crippen LogP contribution in [0.3, 0.4) is 0 Å². The summed E-state index contributed by atoms with van der Waals surface area (Å²) in [5, 5.41) is 19.8. The van der Waals surface area contributed by atoms with Crippen LogP contribution in [-0.4, -0.2) is 31.1 Å². The Hall–Kier alpha value is -3.35. The normalized spacial score (nSPS) is 12.7. The molecule has 3 aromatic rings. The van der Waals surface area contributed by atoms with Crippen LogP contribution in [0.1, 0.15) is 66.1 Å². The summed E-state index contributed by atoms with van der Waals surface area (Å²) < 4.78 is 1.73. The van der Waals surface area contributed by atoms with E-state index in [2.05, 4.69) is 51.8 Å². The van der Waals surface area contributed by atoms with Gasteiger partial charge < -0.3 is 5.32 Å². The molecule has 0 radical (unpaired) electrons. The molecular weight excluding hydrogens is 400 g/mol. The molecule has 7 nitrogen and oxygen atoms in total. The minimum atomic E-state index is -0.210. The van der Waals surface area contributed by atoms with Crippen LogP contribution in [0, 0.1) is 5.92 Å². The number of amides is 1. The molecular formula is C25H30N6O. The van der Waals surface area contributed by atoms with Crippen LogP contribution in [-0.2, 0) is 25.9 Å². The van der Waals surface area contributed by atoms with Gasteiger partial charge in [-0.05, 0) is 48.8 Å². The van der Waals surface area contributed by atoms with Gasteiger partial charge in [0.2, 0.25) is 0 Å². The van der Waals surface area contributed by atoms with Gasteiger partial charge in [0.15, 0.2) is 5.69 Å². The van der Waals surface area contributed by atoms with E-state index in [1.807, 2.05) is 30.3 Å². The number of aromatic nitrogens is 5. The summed E-state index contributed by atoms with van der Waals surface area (Å²) in [5.74, 6) is 0.452. The van der Waals surface area contributed by atoms with Gasteiger partial charge in [0.1, 0.15) is 0 Å². The quantitative estimate of drug-likeness (QED) is 0.491. The van der Waals surface area contributed by atoms with Gasteiger partial charge in [-0.15, -0.1) is 5.10 Å². The predicted molar refractivity (Wildman–Crippen MR) is 124 cm³/mol. The highest BCUT2D eigenvalue weighted by Gasteiger charge is 2.16. The number of nitrogens with one attached hydrogen (secondary N) is 1. The summed E-state index contributed by atoms with van der Waals surface area (Å²) in [6, 6.07) is 12.0. The Kier molecular flexibility index (Phi) is 7.04.